The Hall–Kier alpha value is -1.00. The van der Waals surface area contributed by atoms with Crippen LogP contribution >= 0.6 is 11.3 Å². The topological polar surface area (TPSA) is 108 Å². The lowest BCUT2D eigenvalue weighted by Gasteiger charge is -2.14. The Bertz CT molecular complexity index is 526. The molecule has 1 amide bonds. The second-order valence-corrected chi connectivity index (χ2v) is 6.42. The lowest BCUT2D eigenvalue weighted by Crippen LogP contribution is -2.35. The second-order valence-electron chi connectivity index (χ2n) is 3.72. The van der Waals surface area contributed by atoms with E-state index in [-0.39, 0.29) is 28.3 Å². The first-order chi connectivity index (χ1) is 8.88. The fraction of sp³-hybridized carbons (Fsp3) is 0.500. The van der Waals surface area contributed by atoms with E-state index in [1.54, 1.807) is 0 Å². The molecule has 0 saturated heterocycles. The van der Waals surface area contributed by atoms with Gasteiger partial charge in [0.15, 0.2) is 0 Å². The minimum absolute atomic E-state index is 0.0437. The van der Waals surface area contributed by atoms with E-state index >= 15 is 0 Å². The first kappa shape index (κ1) is 16.1. The van der Waals surface area contributed by atoms with Gasteiger partial charge >= 0.3 is 0 Å². The van der Waals surface area contributed by atoms with Crippen LogP contribution in [-0.4, -0.2) is 47.8 Å². The first-order valence-corrected chi connectivity index (χ1v) is 7.72. The van der Waals surface area contributed by atoms with Gasteiger partial charge in [-0.3, -0.25) is 4.79 Å². The van der Waals surface area contributed by atoms with Crippen LogP contribution in [0.2, 0.25) is 0 Å². The minimum Gasteiger partial charge on any atom is -0.382 e. The lowest BCUT2D eigenvalue weighted by molar-refractivity contribution is 0.0285. The van der Waals surface area contributed by atoms with E-state index in [1.807, 2.05) is 0 Å². The van der Waals surface area contributed by atoms with E-state index in [0.717, 1.165) is 11.3 Å². The van der Waals surface area contributed by atoms with Gasteiger partial charge in [0.25, 0.3) is 5.91 Å². The predicted octanol–water partition coefficient (Wildman–Crippen LogP) is -0.213. The molecule has 108 valence electrons. The molecule has 0 fully saturated rings. The molecule has 1 unspecified atom stereocenters. The molecule has 0 aliphatic carbocycles. The Morgan fingerprint density at radius 1 is 1.53 bits per heavy atom. The second kappa shape index (κ2) is 6.96. The number of carbonyl (C=O) groups is 1. The monoisotopic (exact) mass is 308 g/mol. The molecular weight excluding hydrogens is 292 g/mol. The molecule has 0 spiro atoms. The fourth-order valence-electron chi connectivity index (χ4n) is 1.29. The Morgan fingerprint density at radius 3 is 2.68 bits per heavy atom. The highest BCUT2D eigenvalue weighted by molar-refractivity contribution is 7.91. The number of sulfonamides is 1. The first-order valence-electron chi connectivity index (χ1n) is 5.29. The summed E-state index contributed by atoms with van der Waals surface area (Å²) in [5.74, 6) is -0.385. The number of nitrogens with two attached hydrogens (primary N) is 1. The smallest absolute Gasteiger partial charge is 0.252 e. The maximum absolute atomic E-state index is 11.8. The Morgan fingerprint density at radius 2 is 2.21 bits per heavy atom. The van der Waals surface area contributed by atoms with E-state index in [4.69, 9.17) is 14.6 Å². The van der Waals surface area contributed by atoms with Gasteiger partial charge in [-0.1, -0.05) is 0 Å². The zero-order valence-electron chi connectivity index (χ0n) is 10.6. The molecule has 0 aliphatic heterocycles. The molecule has 1 heterocycles. The molecule has 1 rings (SSSR count). The van der Waals surface area contributed by atoms with Crippen LogP contribution in [0.25, 0.3) is 0 Å². The Balaban J connectivity index is 2.61. The van der Waals surface area contributed by atoms with Crippen LogP contribution in [0.5, 0.6) is 0 Å². The van der Waals surface area contributed by atoms with Crippen molar-refractivity contribution in [2.24, 2.45) is 5.14 Å². The van der Waals surface area contributed by atoms with Gasteiger partial charge < -0.3 is 14.8 Å². The van der Waals surface area contributed by atoms with Gasteiger partial charge in [-0.15, -0.1) is 11.3 Å². The van der Waals surface area contributed by atoms with Crippen molar-refractivity contribution in [3.05, 3.63) is 17.0 Å². The SMILES string of the molecule is COCC(CNC(=O)c1csc(S(N)(=O)=O)c1)OC. The van der Waals surface area contributed by atoms with Crippen molar-refractivity contribution in [3.8, 4) is 0 Å². The third kappa shape index (κ3) is 4.88. The summed E-state index contributed by atoms with van der Waals surface area (Å²) < 4.78 is 32.1. The molecule has 19 heavy (non-hydrogen) atoms. The Kier molecular flexibility index (Phi) is 5.88. The van der Waals surface area contributed by atoms with Gasteiger partial charge in [0.1, 0.15) is 4.21 Å². The van der Waals surface area contributed by atoms with Gasteiger partial charge in [0.05, 0.1) is 18.3 Å². The van der Waals surface area contributed by atoms with Gasteiger partial charge in [-0.05, 0) is 6.07 Å². The maximum Gasteiger partial charge on any atom is 0.252 e. The van der Waals surface area contributed by atoms with Crippen molar-refractivity contribution >= 4 is 27.3 Å². The van der Waals surface area contributed by atoms with Gasteiger partial charge in [-0.25, -0.2) is 13.6 Å². The number of nitrogens with one attached hydrogen (secondary N) is 1. The molecule has 0 radical (unpaired) electrons. The number of amides is 1. The zero-order chi connectivity index (χ0) is 14.5. The van der Waals surface area contributed by atoms with Crippen molar-refractivity contribution in [2.75, 3.05) is 27.4 Å². The van der Waals surface area contributed by atoms with Gasteiger partial charge in [0.2, 0.25) is 10.0 Å². The van der Waals surface area contributed by atoms with Crippen LogP contribution in [0.4, 0.5) is 0 Å². The summed E-state index contributed by atoms with van der Waals surface area (Å²) >= 11 is 0.905. The van der Waals surface area contributed by atoms with Crippen LogP contribution in [-0.2, 0) is 19.5 Å². The van der Waals surface area contributed by atoms with E-state index in [9.17, 15) is 13.2 Å². The standard InChI is InChI=1S/C10H16N2O5S2/c1-16-5-8(17-2)4-12-10(13)7-3-9(18-6-7)19(11,14)15/h3,6,8H,4-5H2,1-2H3,(H,12,13)(H2,11,14,15). The molecular formula is C10H16N2O5S2. The van der Waals surface area contributed by atoms with Crippen molar-refractivity contribution in [3.63, 3.8) is 0 Å². The number of hydrogen-bond donors (Lipinski definition) is 2. The molecule has 1 atom stereocenters. The highest BCUT2D eigenvalue weighted by Gasteiger charge is 2.16. The quantitative estimate of drug-likeness (QED) is 0.724. The average Bonchev–Trinajstić information content (AvgIpc) is 2.83. The van der Waals surface area contributed by atoms with Crippen LogP contribution in [0.3, 0.4) is 0 Å². The highest BCUT2D eigenvalue weighted by Crippen LogP contribution is 2.18. The summed E-state index contributed by atoms with van der Waals surface area (Å²) in [4.78, 5) is 11.8. The average molecular weight is 308 g/mol. The van der Waals surface area contributed by atoms with Crippen molar-refractivity contribution in [2.45, 2.75) is 10.3 Å². The third-order valence-corrected chi connectivity index (χ3v) is 4.68. The van der Waals surface area contributed by atoms with E-state index < -0.39 is 10.0 Å². The fourth-order valence-corrected chi connectivity index (χ4v) is 2.87. The molecule has 7 nitrogen and oxygen atoms in total. The molecule has 0 saturated carbocycles. The summed E-state index contributed by atoms with van der Waals surface area (Å²) in [5, 5.41) is 9.03. The third-order valence-electron chi connectivity index (χ3n) is 2.29. The number of thiophene rings is 1. The molecule has 9 heteroatoms. The molecule has 0 aromatic carbocycles. The van der Waals surface area contributed by atoms with Gasteiger partial charge in [0, 0.05) is 26.1 Å². The van der Waals surface area contributed by atoms with Crippen LogP contribution < -0.4 is 10.5 Å². The number of methoxy groups -OCH3 is 2. The largest absolute Gasteiger partial charge is 0.382 e. The number of primary sulfonamides is 1. The zero-order valence-corrected chi connectivity index (χ0v) is 12.2. The number of ether oxygens (including phenoxy) is 2. The van der Waals surface area contributed by atoms with Crippen LogP contribution in [0, 0.1) is 0 Å². The van der Waals surface area contributed by atoms with Crippen molar-refractivity contribution < 1.29 is 22.7 Å². The lowest BCUT2D eigenvalue weighted by atomic mass is 10.3. The van der Waals surface area contributed by atoms with Gasteiger partial charge in [-0.2, -0.15) is 0 Å². The number of rotatable bonds is 7. The minimum atomic E-state index is -3.77. The summed E-state index contributed by atoms with van der Waals surface area (Å²) in [7, 11) is -0.720. The predicted molar refractivity (Wildman–Crippen MR) is 70.7 cm³/mol. The molecule has 0 bridgehead atoms. The molecule has 1 aromatic rings. The van der Waals surface area contributed by atoms with E-state index in [1.165, 1.54) is 25.7 Å². The molecule has 1 aromatic heterocycles. The van der Waals surface area contributed by atoms with E-state index in [0.29, 0.717) is 6.61 Å². The number of hydrogen-bond acceptors (Lipinski definition) is 6. The normalized spacial score (nSPS) is 13.2. The summed E-state index contributed by atoms with van der Waals surface area (Å²) in [5.41, 5.74) is 0.251. The summed E-state index contributed by atoms with van der Waals surface area (Å²) in [6.07, 6.45) is -0.259. The summed E-state index contributed by atoms with van der Waals surface area (Å²) in [6, 6.07) is 1.24. The summed E-state index contributed by atoms with van der Waals surface area (Å²) in [6.45, 7) is 0.618. The number of carbonyl (C=O) groups excluding carboxylic acids is 1. The van der Waals surface area contributed by atoms with E-state index in [2.05, 4.69) is 5.32 Å². The van der Waals surface area contributed by atoms with Crippen LogP contribution in [0.15, 0.2) is 15.7 Å². The van der Waals surface area contributed by atoms with Crippen molar-refractivity contribution in [1.82, 2.24) is 5.32 Å². The highest BCUT2D eigenvalue weighted by atomic mass is 32.2. The van der Waals surface area contributed by atoms with Crippen molar-refractivity contribution in [1.29, 1.82) is 0 Å². The Labute approximate surface area is 115 Å². The molecule has 0 aliphatic rings. The van der Waals surface area contributed by atoms with Crippen LogP contribution in [0.1, 0.15) is 10.4 Å². The molecule has 3 N–H and O–H groups in total. The maximum atomic E-state index is 11.8.